The Balaban J connectivity index is 2.87. The summed E-state index contributed by atoms with van der Waals surface area (Å²) in [6.07, 6.45) is 2.39. The van der Waals surface area contributed by atoms with Crippen molar-refractivity contribution in [2.75, 3.05) is 6.54 Å². The Labute approximate surface area is 116 Å². The van der Waals surface area contributed by atoms with Gasteiger partial charge in [-0.2, -0.15) is 0 Å². The molecule has 1 aromatic heterocycles. The molecule has 1 N–H and O–H groups in total. The van der Waals surface area contributed by atoms with Gasteiger partial charge in [0.05, 0.1) is 11.2 Å². The Morgan fingerprint density at radius 1 is 1.33 bits per heavy atom. The lowest BCUT2D eigenvalue weighted by molar-refractivity contribution is 0.317. The molecule has 104 valence electrons. The third-order valence-corrected chi connectivity index (χ3v) is 4.50. The van der Waals surface area contributed by atoms with Gasteiger partial charge in [-0.25, -0.2) is 4.98 Å². The second kappa shape index (κ2) is 6.67. The molecule has 0 amide bonds. The lowest BCUT2D eigenvalue weighted by Gasteiger charge is -2.29. The largest absolute Gasteiger partial charge is 0.306 e. The first-order valence-corrected chi connectivity index (χ1v) is 7.98. The first-order valence-electron chi connectivity index (χ1n) is 7.10. The zero-order chi connectivity index (χ0) is 13.8. The number of hydrogen-bond donors (Lipinski definition) is 1. The van der Waals surface area contributed by atoms with Crippen molar-refractivity contribution in [3.8, 4) is 0 Å². The summed E-state index contributed by atoms with van der Waals surface area (Å²) in [6.45, 7) is 14.4. The van der Waals surface area contributed by atoms with Crippen molar-refractivity contribution >= 4 is 11.3 Å². The molecule has 0 radical (unpaired) electrons. The van der Waals surface area contributed by atoms with Gasteiger partial charge in [-0.15, -0.1) is 11.3 Å². The summed E-state index contributed by atoms with van der Waals surface area (Å²) in [4.78, 5) is 4.83. The molecule has 0 saturated heterocycles. The molecule has 1 rings (SSSR count). The molecule has 0 fully saturated rings. The molecule has 18 heavy (non-hydrogen) atoms. The average Bonchev–Trinajstić information content (AvgIpc) is 2.76. The van der Waals surface area contributed by atoms with Gasteiger partial charge >= 0.3 is 0 Å². The number of aromatic nitrogens is 1. The monoisotopic (exact) mass is 268 g/mol. The lowest BCUT2D eigenvalue weighted by atomic mass is 9.92. The average molecular weight is 268 g/mol. The molecule has 1 aromatic rings. The minimum absolute atomic E-state index is 0.0385. The van der Waals surface area contributed by atoms with Gasteiger partial charge in [-0.1, -0.05) is 34.6 Å². The van der Waals surface area contributed by atoms with Crippen LogP contribution in [0.4, 0.5) is 0 Å². The van der Waals surface area contributed by atoms with Crippen LogP contribution < -0.4 is 5.32 Å². The van der Waals surface area contributed by atoms with E-state index in [0.29, 0.717) is 5.92 Å². The van der Waals surface area contributed by atoms with Crippen LogP contribution in [0.15, 0.2) is 5.38 Å². The number of thiazole rings is 1. The molecule has 2 nitrogen and oxygen atoms in total. The maximum atomic E-state index is 4.83. The molecule has 1 unspecified atom stereocenters. The van der Waals surface area contributed by atoms with E-state index in [1.807, 2.05) is 0 Å². The van der Waals surface area contributed by atoms with Crippen molar-refractivity contribution in [3.05, 3.63) is 16.1 Å². The Morgan fingerprint density at radius 3 is 2.44 bits per heavy atom. The van der Waals surface area contributed by atoms with Crippen LogP contribution in [-0.2, 0) is 5.54 Å². The van der Waals surface area contributed by atoms with Gasteiger partial charge in [0.15, 0.2) is 0 Å². The molecular weight excluding hydrogens is 240 g/mol. The first-order chi connectivity index (χ1) is 8.39. The fourth-order valence-corrected chi connectivity index (χ4v) is 3.19. The van der Waals surface area contributed by atoms with E-state index in [1.165, 1.54) is 17.1 Å². The quantitative estimate of drug-likeness (QED) is 0.786. The molecule has 0 spiro atoms. The predicted molar refractivity (Wildman–Crippen MR) is 81.3 cm³/mol. The van der Waals surface area contributed by atoms with Gasteiger partial charge in [0.2, 0.25) is 0 Å². The first kappa shape index (κ1) is 15.6. The molecule has 0 aromatic carbocycles. The molecule has 0 aliphatic rings. The van der Waals surface area contributed by atoms with Crippen LogP contribution >= 0.6 is 11.3 Å². The zero-order valence-electron chi connectivity index (χ0n) is 12.7. The van der Waals surface area contributed by atoms with E-state index < -0.39 is 0 Å². The maximum absolute atomic E-state index is 4.83. The Kier molecular flexibility index (Phi) is 5.80. The highest BCUT2D eigenvalue weighted by atomic mass is 32.1. The van der Waals surface area contributed by atoms with E-state index in [-0.39, 0.29) is 5.54 Å². The third kappa shape index (κ3) is 4.06. The predicted octanol–water partition coefficient (Wildman–Crippen LogP) is 4.53. The summed E-state index contributed by atoms with van der Waals surface area (Å²) in [6, 6.07) is 0. The smallest absolute Gasteiger partial charge is 0.113 e. The van der Waals surface area contributed by atoms with Crippen molar-refractivity contribution < 1.29 is 0 Å². The molecule has 1 atom stereocenters. The van der Waals surface area contributed by atoms with Crippen molar-refractivity contribution in [2.45, 2.75) is 65.8 Å². The highest BCUT2D eigenvalue weighted by Gasteiger charge is 2.29. The highest BCUT2D eigenvalue weighted by Crippen LogP contribution is 2.31. The van der Waals surface area contributed by atoms with Crippen LogP contribution in [0.1, 0.15) is 71.0 Å². The van der Waals surface area contributed by atoms with Crippen molar-refractivity contribution in [3.63, 3.8) is 0 Å². The summed E-state index contributed by atoms with van der Waals surface area (Å²) in [7, 11) is 0. The van der Waals surface area contributed by atoms with Crippen LogP contribution in [-0.4, -0.2) is 11.5 Å². The van der Waals surface area contributed by atoms with E-state index >= 15 is 0 Å². The SMILES string of the molecule is CCNC(C)(CCC(C)C)c1nc(C(C)C)cs1. The second-order valence-corrected chi connectivity index (χ2v) is 6.89. The summed E-state index contributed by atoms with van der Waals surface area (Å²) < 4.78 is 0. The molecule has 0 aliphatic carbocycles. The minimum Gasteiger partial charge on any atom is -0.306 e. The van der Waals surface area contributed by atoms with Gasteiger partial charge in [0, 0.05) is 5.38 Å². The molecule has 1 heterocycles. The maximum Gasteiger partial charge on any atom is 0.113 e. The third-order valence-electron chi connectivity index (χ3n) is 3.37. The van der Waals surface area contributed by atoms with E-state index in [2.05, 4.69) is 52.2 Å². The molecule has 0 aliphatic heterocycles. The summed E-state index contributed by atoms with van der Waals surface area (Å²) >= 11 is 1.80. The summed E-state index contributed by atoms with van der Waals surface area (Å²) in [5.41, 5.74) is 1.26. The van der Waals surface area contributed by atoms with E-state index in [1.54, 1.807) is 11.3 Å². The van der Waals surface area contributed by atoms with Crippen LogP contribution in [0.2, 0.25) is 0 Å². The van der Waals surface area contributed by atoms with Crippen molar-refractivity contribution in [1.29, 1.82) is 0 Å². The van der Waals surface area contributed by atoms with Crippen LogP contribution in [0.3, 0.4) is 0 Å². The van der Waals surface area contributed by atoms with Gasteiger partial charge in [-0.3, -0.25) is 0 Å². The number of hydrogen-bond acceptors (Lipinski definition) is 3. The standard InChI is InChI=1S/C15H28N2S/c1-7-16-15(6,9-8-11(2)3)14-17-13(10-18-14)12(4)5/h10-12,16H,7-9H2,1-6H3. The van der Waals surface area contributed by atoms with E-state index in [0.717, 1.165) is 18.9 Å². The fourth-order valence-electron chi connectivity index (χ4n) is 2.04. The minimum atomic E-state index is 0.0385. The Morgan fingerprint density at radius 2 is 2.00 bits per heavy atom. The Bertz CT molecular complexity index is 357. The van der Waals surface area contributed by atoms with Crippen LogP contribution in [0, 0.1) is 5.92 Å². The summed E-state index contributed by atoms with van der Waals surface area (Å²) in [5, 5.41) is 7.09. The van der Waals surface area contributed by atoms with Gasteiger partial charge in [0.1, 0.15) is 5.01 Å². The second-order valence-electron chi connectivity index (χ2n) is 6.03. The van der Waals surface area contributed by atoms with Gasteiger partial charge in [0.25, 0.3) is 0 Å². The lowest BCUT2D eigenvalue weighted by Crippen LogP contribution is -2.39. The van der Waals surface area contributed by atoms with E-state index in [4.69, 9.17) is 4.98 Å². The molecule has 3 heteroatoms. The fraction of sp³-hybridized carbons (Fsp3) is 0.800. The molecule has 0 saturated carbocycles. The Hall–Kier alpha value is -0.410. The van der Waals surface area contributed by atoms with Crippen LogP contribution in [0.25, 0.3) is 0 Å². The highest BCUT2D eigenvalue weighted by molar-refractivity contribution is 7.09. The van der Waals surface area contributed by atoms with Crippen molar-refractivity contribution in [1.82, 2.24) is 10.3 Å². The van der Waals surface area contributed by atoms with E-state index in [9.17, 15) is 0 Å². The van der Waals surface area contributed by atoms with Gasteiger partial charge in [-0.05, 0) is 38.1 Å². The number of rotatable bonds is 7. The summed E-state index contributed by atoms with van der Waals surface area (Å²) in [5.74, 6) is 1.26. The van der Waals surface area contributed by atoms with Crippen LogP contribution in [0.5, 0.6) is 0 Å². The van der Waals surface area contributed by atoms with Crippen molar-refractivity contribution in [2.24, 2.45) is 5.92 Å². The normalized spacial score (nSPS) is 15.3. The molecular formula is C15H28N2S. The van der Waals surface area contributed by atoms with Gasteiger partial charge < -0.3 is 5.32 Å². The molecule has 0 bridgehead atoms. The number of nitrogens with zero attached hydrogens (tertiary/aromatic N) is 1. The zero-order valence-corrected chi connectivity index (χ0v) is 13.5. The topological polar surface area (TPSA) is 24.9 Å². The number of nitrogens with one attached hydrogen (secondary N) is 1.